The standard InChI is InChI=1S/C13H16N6/c1-2-16-19(5-1)10-13(8-17-6-3-14-11-17)9-18-7-4-15-12-18/h1-7,11-13H,8-10H2. The summed E-state index contributed by atoms with van der Waals surface area (Å²) in [5.74, 6) is 0.434. The summed E-state index contributed by atoms with van der Waals surface area (Å²) in [5.41, 5.74) is 0. The predicted molar refractivity (Wildman–Crippen MR) is 70.2 cm³/mol. The summed E-state index contributed by atoms with van der Waals surface area (Å²) in [4.78, 5) is 8.18. The molecular weight excluding hydrogens is 240 g/mol. The zero-order valence-corrected chi connectivity index (χ0v) is 10.6. The van der Waals surface area contributed by atoms with Gasteiger partial charge in [-0.3, -0.25) is 4.68 Å². The number of hydrogen-bond acceptors (Lipinski definition) is 3. The number of nitrogens with zero attached hydrogens (tertiary/aromatic N) is 6. The second-order valence-corrected chi connectivity index (χ2v) is 4.61. The Kier molecular flexibility index (Phi) is 3.40. The first kappa shape index (κ1) is 11.7. The summed E-state index contributed by atoms with van der Waals surface area (Å²) in [5, 5.41) is 4.28. The first-order chi connectivity index (χ1) is 9.40. The van der Waals surface area contributed by atoms with Gasteiger partial charge in [0.15, 0.2) is 0 Å². The molecule has 0 aliphatic heterocycles. The lowest BCUT2D eigenvalue weighted by Crippen LogP contribution is -2.21. The molecule has 98 valence electrons. The highest BCUT2D eigenvalue weighted by atomic mass is 15.3. The molecule has 3 rings (SSSR count). The van der Waals surface area contributed by atoms with E-state index in [0.717, 1.165) is 19.6 Å². The molecule has 6 nitrogen and oxygen atoms in total. The Balaban J connectivity index is 1.70. The zero-order chi connectivity index (χ0) is 12.9. The third-order valence-corrected chi connectivity index (χ3v) is 3.06. The van der Waals surface area contributed by atoms with Crippen molar-refractivity contribution in [1.82, 2.24) is 28.9 Å². The number of imidazole rings is 2. The minimum absolute atomic E-state index is 0.434. The SMILES string of the molecule is c1cnn(CC(Cn2ccnc2)Cn2ccnc2)c1. The maximum Gasteiger partial charge on any atom is 0.0946 e. The summed E-state index contributed by atoms with van der Waals surface area (Å²) in [6.45, 7) is 2.71. The molecule has 19 heavy (non-hydrogen) atoms. The Labute approximate surface area is 111 Å². The lowest BCUT2D eigenvalue weighted by Gasteiger charge is -2.18. The van der Waals surface area contributed by atoms with Gasteiger partial charge in [-0.05, 0) is 6.07 Å². The van der Waals surface area contributed by atoms with Crippen molar-refractivity contribution < 1.29 is 0 Å². The highest BCUT2D eigenvalue weighted by molar-refractivity contribution is 4.82. The van der Waals surface area contributed by atoms with Crippen molar-refractivity contribution in [3.05, 3.63) is 55.9 Å². The van der Waals surface area contributed by atoms with Crippen LogP contribution in [0.3, 0.4) is 0 Å². The lowest BCUT2D eigenvalue weighted by molar-refractivity contribution is 0.325. The van der Waals surface area contributed by atoms with E-state index in [9.17, 15) is 0 Å². The lowest BCUT2D eigenvalue weighted by atomic mass is 10.1. The molecule has 0 N–H and O–H groups in total. The quantitative estimate of drug-likeness (QED) is 0.668. The van der Waals surface area contributed by atoms with Gasteiger partial charge >= 0.3 is 0 Å². The second-order valence-electron chi connectivity index (χ2n) is 4.61. The van der Waals surface area contributed by atoms with Crippen molar-refractivity contribution in [3.8, 4) is 0 Å². The second kappa shape index (κ2) is 5.51. The molecule has 0 aliphatic rings. The van der Waals surface area contributed by atoms with E-state index in [1.807, 2.05) is 60.6 Å². The molecule has 3 heterocycles. The van der Waals surface area contributed by atoms with Crippen molar-refractivity contribution in [2.45, 2.75) is 19.6 Å². The molecule has 0 bridgehead atoms. The minimum atomic E-state index is 0.434. The zero-order valence-electron chi connectivity index (χ0n) is 10.6. The molecule has 0 radical (unpaired) electrons. The first-order valence-corrected chi connectivity index (χ1v) is 6.29. The maximum absolute atomic E-state index is 4.28. The number of hydrogen-bond donors (Lipinski definition) is 0. The van der Waals surface area contributed by atoms with Crippen LogP contribution in [0.2, 0.25) is 0 Å². The molecule has 0 atom stereocenters. The Morgan fingerprint density at radius 3 is 1.95 bits per heavy atom. The van der Waals surface area contributed by atoms with E-state index in [1.165, 1.54) is 0 Å². The Morgan fingerprint density at radius 2 is 1.47 bits per heavy atom. The molecule has 0 aromatic carbocycles. The largest absolute Gasteiger partial charge is 0.337 e. The van der Waals surface area contributed by atoms with Crippen LogP contribution >= 0.6 is 0 Å². The van der Waals surface area contributed by atoms with Crippen LogP contribution in [0.15, 0.2) is 55.9 Å². The highest BCUT2D eigenvalue weighted by Crippen LogP contribution is 2.08. The molecule has 0 saturated heterocycles. The van der Waals surface area contributed by atoms with E-state index in [0.29, 0.717) is 5.92 Å². The highest BCUT2D eigenvalue weighted by Gasteiger charge is 2.11. The van der Waals surface area contributed by atoms with Crippen LogP contribution in [0.4, 0.5) is 0 Å². The third-order valence-electron chi connectivity index (χ3n) is 3.06. The topological polar surface area (TPSA) is 53.5 Å². The van der Waals surface area contributed by atoms with E-state index in [-0.39, 0.29) is 0 Å². The van der Waals surface area contributed by atoms with Gasteiger partial charge in [0.1, 0.15) is 0 Å². The maximum atomic E-state index is 4.28. The summed E-state index contributed by atoms with van der Waals surface area (Å²) in [6.07, 6.45) is 15.1. The van der Waals surface area contributed by atoms with E-state index in [2.05, 4.69) is 24.2 Å². The van der Waals surface area contributed by atoms with Gasteiger partial charge in [0, 0.05) is 62.7 Å². The molecule has 0 fully saturated rings. The van der Waals surface area contributed by atoms with Gasteiger partial charge in [0.05, 0.1) is 12.7 Å². The van der Waals surface area contributed by atoms with Crippen molar-refractivity contribution >= 4 is 0 Å². The molecule has 3 aromatic rings. The molecule has 0 unspecified atom stereocenters. The summed E-state index contributed by atoms with van der Waals surface area (Å²) < 4.78 is 6.18. The molecular formula is C13H16N6. The normalized spacial score (nSPS) is 11.2. The summed E-state index contributed by atoms with van der Waals surface area (Å²) in [6, 6.07) is 1.95. The van der Waals surface area contributed by atoms with Crippen molar-refractivity contribution in [1.29, 1.82) is 0 Å². The molecule has 0 saturated carbocycles. The van der Waals surface area contributed by atoms with Crippen LogP contribution in [0, 0.1) is 5.92 Å². The molecule has 0 amide bonds. The number of aromatic nitrogens is 6. The summed E-state index contributed by atoms with van der Waals surface area (Å²) in [7, 11) is 0. The fourth-order valence-electron chi connectivity index (χ4n) is 2.23. The predicted octanol–water partition coefficient (Wildman–Crippen LogP) is 1.29. The van der Waals surface area contributed by atoms with E-state index in [1.54, 1.807) is 0 Å². The van der Waals surface area contributed by atoms with Crippen LogP contribution in [0.25, 0.3) is 0 Å². The summed E-state index contributed by atoms with van der Waals surface area (Å²) >= 11 is 0. The molecule has 6 heteroatoms. The van der Waals surface area contributed by atoms with Gasteiger partial charge in [-0.25, -0.2) is 9.97 Å². The van der Waals surface area contributed by atoms with Crippen LogP contribution < -0.4 is 0 Å². The van der Waals surface area contributed by atoms with Crippen LogP contribution in [0.1, 0.15) is 0 Å². The minimum Gasteiger partial charge on any atom is -0.337 e. The van der Waals surface area contributed by atoms with E-state index in [4.69, 9.17) is 0 Å². The van der Waals surface area contributed by atoms with Gasteiger partial charge in [0.2, 0.25) is 0 Å². The smallest absolute Gasteiger partial charge is 0.0946 e. The van der Waals surface area contributed by atoms with Crippen LogP contribution in [-0.2, 0) is 19.6 Å². The van der Waals surface area contributed by atoms with Gasteiger partial charge in [-0.2, -0.15) is 5.10 Å². The van der Waals surface area contributed by atoms with Crippen molar-refractivity contribution in [2.24, 2.45) is 5.92 Å². The van der Waals surface area contributed by atoms with Crippen molar-refractivity contribution in [3.63, 3.8) is 0 Å². The van der Waals surface area contributed by atoms with Crippen LogP contribution in [0.5, 0.6) is 0 Å². The average molecular weight is 256 g/mol. The van der Waals surface area contributed by atoms with E-state index < -0.39 is 0 Å². The van der Waals surface area contributed by atoms with Gasteiger partial charge in [-0.1, -0.05) is 0 Å². The fraction of sp³-hybridized carbons (Fsp3) is 0.308. The Hall–Kier alpha value is -2.37. The van der Waals surface area contributed by atoms with E-state index >= 15 is 0 Å². The fourth-order valence-corrected chi connectivity index (χ4v) is 2.23. The van der Waals surface area contributed by atoms with Gasteiger partial charge in [-0.15, -0.1) is 0 Å². The molecule has 0 aliphatic carbocycles. The van der Waals surface area contributed by atoms with Crippen LogP contribution in [-0.4, -0.2) is 28.9 Å². The van der Waals surface area contributed by atoms with Crippen molar-refractivity contribution in [2.75, 3.05) is 0 Å². The molecule has 3 aromatic heterocycles. The molecule has 0 spiro atoms. The Bertz CT molecular complexity index is 481. The average Bonchev–Trinajstić information content (AvgIpc) is 3.10. The number of rotatable bonds is 6. The first-order valence-electron chi connectivity index (χ1n) is 6.29. The Morgan fingerprint density at radius 1 is 0.789 bits per heavy atom. The monoisotopic (exact) mass is 256 g/mol. The van der Waals surface area contributed by atoms with Gasteiger partial charge in [0.25, 0.3) is 0 Å². The van der Waals surface area contributed by atoms with Gasteiger partial charge < -0.3 is 9.13 Å². The third kappa shape index (κ3) is 3.09.